The summed E-state index contributed by atoms with van der Waals surface area (Å²) in [6, 6.07) is 5.83. The Morgan fingerprint density at radius 3 is 2.29 bits per heavy atom. The molecule has 3 heteroatoms. The van der Waals surface area contributed by atoms with Gasteiger partial charge in [0.1, 0.15) is 0 Å². The number of nitrogens with one attached hydrogen (secondary N) is 1. The number of aryl methyl sites for hydroxylation is 1. The summed E-state index contributed by atoms with van der Waals surface area (Å²) in [5, 5.41) is 12.6. The summed E-state index contributed by atoms with van der Waals surface area (Å²) in [5.74, 6) is -0.0543. The van der Waals surface area contributed by atoms with E-state index in [4.69, 9.17) is 5.11 Å². The number of carboxylic acids is 1. The van der Waals surface area contributed by atoms with E-state index >= 15 is 0 Å². The zero-order valence-corrected chi connectivity index (χ0v) is 13.6. The summed E-state index contributed by atoms with van der Waals surface area (Å²) in [6.07, 6.45) is 4.94. The average Bonchev–Trinajstić information content (AvgIpc) is 2.40. The number of carboxylic acid groups (broad SMARTS) is 1. The smallest absolute Gasteiger partial charge is 0.335 e. The first kappa shape index (κ1) is 15.9. The Balaban J connectivity index is 1.96. The zero-order chi connectivity index (χ0) is 15.6. The minimum atomic E-state index is -0.865. The van der Waals surface area contributed by atoms with Crippen LogP contribution in [-0.2, 0) is 0 Å². The van der Waals surface area contributed by atoms with Gasteiger partial charge in [0.15, 0.2) is 0 Å². The normalized spacial score (nSPS) is 22.9. The molecule has 0 spiro atoms. The summed E-state index contributed by atoms with van der Waals surface area (Å²) >= 11 is 0. The summed E-state index contributed by atoms with van der Waals surface area (Å²) in [5.41, 5.74) is 2.84. The summed E-state index contributed by atoms with van der Waals surface area (Å²) in [6.45, 7) is 8.97. The minimum Gasteiger partial charge on any atom is -0.478 e. The van der Waals surface area contributed by atoms with Crippen LogP contribution in [0.25, 0.3) is 0 Å². The third-order valence-corrected chi connectivity index (χ3v) is 4.78. The Bertz CT molecular complexity index is 508. The maximum absolute atomic E-state index is 11.0. The standard InChI is InChI=1S/C18H27NO2/c1-12-11-13(17(20)21)5-10-16(12)19-15-8-6-14(7-9-15)18(2,3)4/h5,10-11,14-15,19H,6-9H2,1-4H3,(H,20,21). The van der Waals surface area contributed by atoms with E-state index in [1.807, 2.05) is 13.0 Å². The highest BCUT2D eigenvalue weighted by atomic mass is 16.4. The van der Waals surface area contributed by atoms with E-state index in [1.54, 1.807) is 12.1 Å². The number of rotatable bonds is 3. The van der Waals surface area contributed by atoms with Gasteiger partial charge in [0.05, 0.1) is 5.56 Å². The maximum atomic E-state index is 11.0. The SMILES string of the molecule is Cc1cc(C(=O)O)ccc1NC1CCC(C(C)(C)C)CC1. The minimum absolute atomic E-state index is 0.356. The highest BCUT2D eigenvalue weighted by molar-refractivity contribution is 5.88. The van der Waals surface area contributed by atoms with Crippen LogP contribution in [0.3, 0.4) is 0 Å². The van der Waals surface area contributed by atoms with Crippen molar-refractivity contribution in [2.75, 3.05) is 5.32 Å². The van der Waals surface area contributed by atoms with Crippen molar-refractivity contribution in [3.8, 4) is 0 Å². The number of aromatic carboxylic acids is 1. The van der Waals surface area contributed by atoms with Gasteiger partial charge in [-0.05, 0) is 67.7 Å². The molecule has 0 aromatic heterocycles. The van der Waals surface area contributed by atoms with Crippen molar-refractivity contribution in [2.45, 2.75) is 59.4 Å². The van der Waals surface area contributed by atoms with E-state index in [2.05, 4.69) is 26.1 Å². The molecule has 1 aromatic rings. The third kappa shape index (κ3) is 3.99. The highest BCUT2D eigenvalue weighted by Crippen LogP contribution is 2.38. The highest BCUT2D eigenvalue weighted by Gasteiger charge is 2.29. The molecule has 0 atom stereocenters. The van der Waals surface area contributed by atoms with Crippen LogP contribution in [0.4, 0.5) is 5.69 Å². The van der Waals surface area contributed by atoms with Gasteiger partial charge in [-0.1, -0.05) is 20.8 Å². The number of hydrogen-bond acceptors (Lipinski definition) is 2. The first-order chi connectivity index (χ1) is 9.77. The molecule has 2 N–H and O–H groups in total. The van der Waals surface area contributed by atoms with E-state index in [9.17, 15) is 4.79 Å². The molecule has 1 saturated carbocycles. The molecule has 0 heterocycles. The monoisotopic (exact) mass is 289 g/mol. The number of anilines is 1. The number of hydrogen-bond donors (Lipinski definition) is 2. The van der Waals surface area contributed by atoms with Crippen molar-refractivity contribution < 1.29 is 9.90 Å². The molecule has 1 aromatic carbocycles. The first-order valence-electron chi connectivity index (χ1n) is 7.88. The second kappa shape index (κ2) is 6.08. The lowest BCUT2D eigenvalue weighted by atomic mass is 9.71. The first-order valence-corrected chi connectivity index (χ1v) is 7.88. The Hall–Kier alpha value is -1.51. The van der Waals surface area contributed by atoms with E-state index in [0.717, 1.165) is 17.2 Å². The van der Waals surface area contributed by atoms with Gasteiger partial charge in [0, 0.05) is 11.7 Å². The molecule has 1 aliphatic carbocycles. The Morgan fingerprint density at radius 1 is 1.19 bits per heavy atom. The summed E-state index contributed by atoms with van der Waals surface area (Å²) < 4.78 is 0. The predicted octanol–water partition coefficient (Wildman–Crippen LogP) is 4.71. The van der Waals surface area contributed by atoms with Crippen molar-refractivity contribution >= 4 is 11.7 Å². The molecule has 1 fully saturated rings. The summed E-state index contributed by atoms with van der Waals surface area (Å²) in [7, 11) is 0. The van der Waals surface area contributed by atoms with Crippen molar-refractivity contribution in [1.29, 1.82) is 0 Å². The van der Waals surface area contributed by atoms with Crippen LogP contribution in [0.15, 0.2) is 18.2 Å². The topological polar surface area (TPSA) is 49.3 Å². The van der Waals surface area contributed by atoms with Gasteiger partial charge in [-0.15, -0.1) is 0 Å². The molecule has 3 nitrogen and oxygen atoms in total. The molecule has 0 saturated heterocycles. The van der Waals surface area contributed by atoms with Gasteiger partial charge in [0.25, 0.3) is 0 Å². The molecular formula is C18H27NO2. The molecule has 0 radical (unpaired) electrons. The van der Waals surface area contributed by atoms with Crippen LogP contribution in [0, 0.1) is 18.3 Å². The molecule has 1 aliphatic rings. The molecule has 0 unspecified atom stereocenters. The molecule has 0 aliphatic heterocycles. The quantitative estimate of drug-likeness (QED) is 0.847. The molecule has 0 amide bonds. The Kier molecular flexibility index (Phi) is 4.60. The fourth-order valence-corrected chi connectivity index (χ4v) is 3.28. The van der Waals surface area contributed by atoms with Gasteiger partial charge in [0.2, 0.25) is 0 Å². The van der Waals surface area contributed by atoms with Crippen LogP contribution >= 0.6 is 0 Å². The second-order valence-electron chi connectivity index (χ2n) is 7.39. The van der Waals surface area contributed by atoms with Gasteiger partial charge >= 0.3 is 5.97 Å². The van der Waals surface area contributed by atoms with E-state index < -0.39 is 5.97 Å². The third-order valence-electron chi connectivity index (χ3n) is 4.78. The lowest BCUT2D eigenvalue weighted by molar-refractivity contribution is 0.0697. The zero-order valence-electron chi connectivity index (χ0n) is 13.6. The predicted molar refractivity (Wildman–Crippen MR) is 87.0 cm³/mol. The Morgan fingerprint density at radius 2 is 1.81 bits per heavy atom. The van der Waals surface area contributed by atoms with E-state index in [1.165, 1.54) is 25.7 Å². The number of benzene rings is 1. The largest absolute Gasteiger partial charge is 0.478 e. The number of carbonyl (C=O) groups is 1. The van der Waals surface area contributed by atoms with Gasteiger partial charge in [-0.3, -0.25) is 0 Å². The van der Waals surface area contributed by atoms with E-state index in [-0.39, 0.29) is 0 Å². The Labute approximate surface area is 127 Å². The van der Waals surface area contributed by atoms with Crippen molar-refractivity contribution in [2.24, 2.45) is 11.3 Å². The van der Waals surface area contributed by atoms with Crippen LogP contribution in [0.5, 0.6) is 0 Å². The van der Waals surface area contributed by atoms with Gasteiger partial charge < -0.3 is 10.4 Å². The summed E-state index contributed by atoms with van der Waals surface area (Å²) in [4.78, 5) is 11.0. The average molecular weight is 289 g/mol. The maximum Gasteiger partial charge on any atom is 0.335 e. The van der Waals surface area contributed by atoms with Crippen LogP contribution in [0.1, 0.15) is 62.4 Å². The van der Waals surface area contributed by atoms with Crippen LogP contribution in [-0.4, -0.2) is 17.1 Å². The lowest BCUT2D eigenvalue weighted by Gasteiger charge is -2.37. The van der Waals surface area contributed by atoms with Crippen LogP contribution < -0.4 is 5.32 Å². The molecule has 21 heavy (non-hydrogen) atoms. The van der Waals surface area contributed by atoms with Gasteiger partial charge in [-0.2, -0.15) is 0 Å². The van der Waals surface area contributed by atoms with E-state index in [0.29, 0.717) is 17.0 Å². The fourth-order valence-electron chi connectivity index (χ4n) is 3.28. The molecule has 116 valence electrons. The molecule has 2 rings (SSSR count). The van der Waals surface area contributed by atoms with Crippen molar-refractivity contribution in [1.82, 2.24) is 0 Å². The molecular weight excluding hydrogens is 262 g/mol. The lowest BCUT2D eigenvalue weighted by Crippen LogP contribution is -2.31. The van der Waals surface area contributed by atoms with Crippen molar-refractivity contribution in [3.05, 3.63) is 29.3 Å². The second-order valence-corrected chi connectivity index (χ2v) is 7.39. The molecule has 0 bridgehead atoms. The van der Waals surface area contributed by atoms with Gasteiger partial charge in [-0.25, -0.2) is 4.79 Å². The van der Waals surface area contributed by atoms with Crippen molar-refractivity contribution in [3.63, 3.8) is 0 Å². The van der Waals surface area contributed by atoms with Crippen LogP contribution in [0.2, 0.25) is 0 Å². The fraction of sp³-hybridized carbons (Fsp3) is 0.611.